The first kappa shape index (κ1) is 18.4. The molecule has 0 aliphatic carbocycles. The summed E-state index contributed by atoms with van der Waals surface area (Å²) in [6.45, 7) is 1.36. The van der Waals surface area contributed by atoms with E-state index >= 15 is 0 Å². The Morgan fingerprint density at radius 2 is 2.25 bits per heavy atom. The molecule has 2 atom stereocenters. The van der Waals surface area contributed by atoms with Gasteiger partial charge >= 0.3 is 0 Å². The molecule has 4 rings (SSSR count). The second kappa shape index (κ2) is 7.97. The average molecular weight is 392 g/mol. The highest BCUT2D eigenvalue weighted by molar-refractivity contribution is 7.09. The predicted molar refractivity (Wildman–Crippen MR) is 111 cm³/mol. The number of nitrogens with one attached hydrogen (secondary N) is 1. The zero-order valence-corrected chi connectivity index (χ0v) is 16.2. The van der Waals surface area contributed by atoms with Crippen molar-refractivity contribution in [3.63, 3.8) is 0 Å². The molecule has 1 fully saturated rings. The standard InChI is InChI=1S/C21H21N5OS/c22-12-15-10-14-4-1-2-6-19(14)25-20(15)26-8-7-16(13-26)24-21(27)18(23)11-17-5-3-9-28-17/h1-6,9-10,16,18H,7-8,11,13,23H2,(H,24,27). The Morgan fingerprint density at radius 3 is 3.04 bits per heavy atom. The van der Waals surface area contributed by atoms with Crippen LogP contribution < -0.4 is 16.0 Å². The zero-order valence-electron chi connectivity index (χ0n) is 15.3. The van der Waals surface area contributed by atoms with Crippen LogP contribution in [0.5, 0.6) is 0 Å². The van der Waals surface area contributed by atoms with Crippen LogP contribution in [-0.2, 0) is 11.2 Å². The van der Waals surface area contributed by atoms with Crippen molar-refractivity contribution in [1.29, 1.82) is 5.26 Å². The van der Waals surface area contributed by atoms with Crippen molar-refractivity contribution in [2.75, 3.05) is 18.0 Å². The summed E-state index contributed by atoms with van der Waals surface area (Å²) in [6.07, 6.45) is 1.35. The second-order valence-electron chi connectivity index (χ2n) is 6.99. The van der Waals surface area contributed by atoms with Crippen LogP contribution in [0, 0.1) is 11.3 Å². The monoisotopic (exact) mass is 391 g/mol. The van der Waals surface area contributed by atoms with Crippen molar-refractivity contribution in [1.82, 2.24) is 10.3 Å². The van der Waals surface area contributed by atoms with E-state index in [0.717, 1.165) is 28.7 Å². The van der Waals surface area contributed by atoms with Crippen molar-refractivity contribution in [2.45, 2.75) is 24.9 Å². The highest BCUT2D eigenvalue weighted by Gasteiger charge is 2.28. The molecular formula is C21H21N5OS. The van der Waals surface area contributed by atoms with Crippen molar-refractivity contribution in [3.8, 4) is 6.07 Å². The molecule has 1 aliphatic rings. The summed E-state index contributed by atoms with van der Waals surface area (Å²) < 4.78 is 0. The van der Waals surface area contributed by atoms with Gasteiger partial charge in [-0.1, -0.05) is 24.3 Å². The smallest absolute Gasteiger partial charge is 0.237 e. The SMILES string of the molecule is N#Cc1cc2ccccc2nc1N1CCC(NC(=O)C(N)Cc2cccs2)C1. The Labute approximate surface area is 167 Å². The van der Waals surface area contributed by atoms with Crippen LogP contribution in [0.1, 0.15) is 16.9 Å². The molecule has 2 aromatic heterocycles. The molecule has 3 aromatic rings. The second-order valence-corrected chi connectivity index (χ2v) is 8.03. The average Bonchev–Trinajstić information content (AvgIpc) is 3.39. The summed E-state index contributed by atoms with van der Waals surface area (Å²) in [7, 11) is 0. The number of pyridine rings is 1. The van der Waals surface area contributed by atoms with E-state index in [-0.39, 0.29) is 11.9 Å². The number of aromatic nitrogens is 1. The zero-order chi connectivity index (χ0) is 19.5. The van der Waals surface area contributed by atoms with Gasteiger partial charge in [-0.05, 0) is 30.0 Å². The number of carbonyl (C=O) groups excluding carboxylic acids is 1. The number of benzene rings is 1. The van der Waals surface area contributed by atoms with Gasteiger partial charge in [0.15, 0.2) is 0 Å². The Balaban J connectivity index is 1.43. The van der Waals surface area contributed by atoms with E-state index in [4.69, 9.17) is 10.7 Å². The molecule has 142 valence electrons. The van der Waals surface area contributed by atoms with Gasteiger partial charge in [-0.25, -0.2) is 4.98 Å². The molecule has 0 saturated carbocycles. The first-order valence-corrected chi connectivity index (χ1v) is 10.1. The quantitative estimate of drug-likeness (QED) is 0.696. The molecule has 7 heteroatoms. The normalized spacial score (nSPS) is 17.4. The minimum absolute atomic E-state index is 0.00157. The van der Waals surface area contributed by atoms with E-state index in [0.29, 0.717) is 24.3 Å². The number of para-hydroxylation sites is 1. The van der Waals surface area contributed by atoms with Crippen LogP contribution >= 0.6 is 11.3 Å². The van der Waals surface area contributed by atoms with Crippen molar-refractivity contribution in [3.05, 3.63) is 58.3 Å². The van der Waals surface area contributed by atoms with Gasteiger partial charge in [0.05, 0.1) is 17.1 Å². The largest absolute Gasteiger partial charge is 0.353 e. The number of carbonyl (C=O) groups is 1. The van der Waals surface area contributed by atoms with Crippen molar-refractivity contribution < 1.29 is 4.79 Å². The van der Waals surface area contributed by atoms with E-state index in [1.807, 2.05) is 47.8 Å². The van der Waals surface area contributed by atoms with Crippen LogP contribution in [-0.4, -0.2) is 36.1 Å². The highest BCUT2D eigenvalue weighted by Crippen LogP contribution is 2.26. The number of hydrogen-bond acceptors (Lipinski definition) is 6. The molecule has 28 heavy (non-hydrogen) atoms. The highest BCUT2D eigenvalue weighted by atomic mass is 32.1. The van der Waals surface area contributed by atoms with E-state index in [1.54, 1.807) is 11.3 Å². The molecular weight excluding hydrogens is 370 g/mol. The van der Waals surface area contributed by atoms with Crippen molar-refractivity contribution in [2.24, 2.45) is 5.73 Å². The van der Waals surface area contributed by atoms with Gasteiger partial charge in [0, 0.05) is 35.8 Å². The van der Waals surface area contributed by atoms with Crippen LogP contribution in [0.15, 0.2) is 47.8 Å². The Bertz CT molecular complexity index is 1030. The number of fused-ring (bicyclic) bond motifs is 1. The maximum absolute atomic E-state index is 12.4. The van der Waals surface area contributed by atoms with Gasteiger partial charge in [0.2, 0.25) is 5.91 Å². The summed E-state index contributed by atoms with van der Waals surface area (Å²) in [4.78, 5) is 20.3. The fraction of sp³-hybridized carbons (Fsp3) is 0.286. The van der Waals surface area contributed by atoms with E-state index < -0.39 is 6.04 Å². The maximum atomic E-state index is 12.4. The summed E-state index contributed by atoms with van der Waals surface area (Å²) in [5.41, 5.74) is 7.48. The van der Waals surface area contributed by atoms with Crippen LogP contribution in [0.2, 0.25) is 0 Å². The molecule has 1 aliphatic heterocycles. The molecule has 1 saturated heterocycles. The maximum Gasteiger partial charge on any atom is 0.237 e. The molecule has 1 amide bonds. The lowest BCUT2D eigenvalue weighted by atomic mass is 10.1. The van der Waals surface area contributed by atoms with E-state index in [2.05, 4.69) is 16.3 Å². The number of thiophene rings is 1. The number of amides is 1. The summed E-state index contributed by atoms with van der Waals surface area (Å²) in [5.74, 6) is 0.549. The molecule has 1 aromatic carbocycles. The number of nitrogens with zero attached hydrogens (tertiary/aromatic N) is 3. The van der Waals surface area contributed by atoms with Crippen molar-refractivity contribution >= 4 is 34.0 Å². The first-order valence-electron chi connectivity index (χ1n) is 9.27. The van der Waals surface area contributed by atoms with Gasteiger partial charge in [-0.2, -0.15) is 5.26 Å². The molecule has 6 nitrogen and oxygen atoms in total. The third-order valence-electron chi connectivity index (χ3n) is 5.00. The number of anilines is 1. The first-order chi connectivity index (χ1) is 13.6. The Morgan fingerprint density at radius 1 is 1.39 bits per heavy atom. The van der Waals surface area contributed by atoms with Crippen LogP contribution in [0.25, 0.3) is 10.9 Å². The van der Waals surface area contributed by atoms with Crippen LogP contribution in [0.3, 0.4) is 0 Å². The minimum atomic E-state index is -0.554. The topological polar surface area (TPSA) is 95.0 Å². The molecule has 2 unspecified atom stereocenters. The minimum Gasteiger partial charge on any atom is -0.353 e. The van der Waals surface area contributed by atoms with Gasteiger partial charge in [0.1, 0.15) is 11.9 Å². The number of hydrogen-bond donors (Lipinski definition) is 2. The summed E-state index contributed by atoms with van der Waals surface area (Å²) >= 11 is 1.61. The number of nitriles is 1. The fourth-order valence-corrected chi connectivity index (χ4v) is 4.31. The number of rotatable bonds is 5. The Kier molecular flexibility index (Phi) is 5.24. The molecule has 0 radical (unpaired) electrons. The summed E-state index contributed by atoms with van der Waals surface area (Å²) in [5, 5.41) is 15.5. The van der Waals surface area contributed by atoms with Gasteiger partial charge in [-0.3, -0.25) is 4.79 Å². The van der Waals surface area contributed by atoms with Gasteiger partial charge < -0.3 is 16.0 Å². The molecule has 3 heterocycles. The van der Waals surface area contributed by atoms with Crippen LogP contribution in [0.4, 0.5) is 5.82 Å². The predicted octanol–water partition coefficient (Wildman–Crippen LogP) is 2.43. The third-order valence-corrected chi connectivity index (χ3v) is 5.90. The molecule has 0 bridgehead atoms. The third kappa shape index (κ3) is 3.84. The van der Waals surface area contributed by atoms with Gasteiger partial charge in [0.25, 0.3) is 0 Å². The molecule has 3 N–H and O–H groups in total. The summed E-state index contributed by atoms with van der Waals surface area (Å²) in [6, 6.07) is 15.3. The number of nitrogens with two attached hydrogens (primary N) is 1. The fourth-order valence-electron chi connectivity index (χ4n) is 3.55. The lowest BCUT2D eigenvalue weighted by Crippen LogP contribution is -2.47. The Hall–Kier alpha value is -2.95. The lowest BCUT2D eigenvalue weighted by Gasteiger charge is -2.20. The van der Waals surface area contributed by atoms with Gasteiger partial charge in [-0.15, -0.1) is 11.3 Å². The lowest BCUT2D eigenvalue weighted by molar-refractivity contribution is -0.122. The van der Waals surface area contributed by atoms with E-state index in [9.17, 15) is 10.1 Å². The molecule has 0 spiro atoms. The van der Waals surface area contributed by atoms with E-state index in [1.165, 1.54) is 0 Å².